The number of fused-ring (bicyclic) bond motifs is 1. The Kier molecular flexibility index (Phi) is 3.31. The standard InChI is InChI=1S/C12H17N3O2/c1-8(7-17-2)15-11-4-3-9(13)5-10(11)14-12(15)6-16/h3-5,8,16H,6-7,13H2,1-2H3. The molecule has 0 bridgehead atoms. The number of nitrogen functional groups attached to an aromatic ring is 1. The van der Waals surface area contributed by atoms with Crippen molar-refractivity contribution < 1.29 is 9.84 Å². The average molecular weight is 235 g/mol. The minimum atomic E-state index is -0.0946. The van der Waals surface area contributed by atoms with E-state index >= 15 is 0 Å². The third-order valence-electron chi connectivity index (χ3n) is 2.78. The Bertz CT molecular complexity index is 522. The Morgan fingerprint density at radius 3 is 2.94 bits per heavy atom. The summed E-state index contributed by atoms with van der Waals surface area (Å²) >= 11 is 0. The molecule has 0 spiro atoms. The first-order valence-corrected chi connectivity index (χ1v) is 5.53. The predicted octanol–water partition coefficient (Wildman–Crippen LogP) is 1.32. The van der Waals surface area contributed by atoms with Gasteiger partial charge in [-0.2, -0.15) is 0 Å². The molecular formula is C12H17N3O2. The van der Waals surface area contributed by atoms with Crippen molar-refractivity contribution in [2.45, 2.75) is 19.6 Å². The molecule has 5 nitrogen and oxygen atoms in total. The lowest BCUT2D eigenvalue weighted by Gasteiger charge is -2.15. The van der Waals surface area contributed by atoms with Crippen LogP contribution in [0.2, 0.25) is 0 Å². The Balaban J connectivity index is 2.58. The number of hydrogen-bond donors (Lipinski definition) is 2. The van der Waals surface area contributed by atoms with Crippen LogP contribution in [0.15, 0.2) is 18.2 Å². The molecule has 17 heavy (non-hydrogen) atoms. The molecule has 1 unspecified atom stereocenters. The molecule has 92 valence electrons. The van der Waals surface area contributed by atoms with E-state index in [1.165, 1.54) is 0 Å². The molecule has 0 fully saturated rings. The summed E-state index contributed by atoms with van der Waals surface area (Å²) in [5.74, 6) is 0.634. The van der Waals surface area contributed by atoms with Crippen LogP contribution in [0.3, 0.4) is 0 Å². The van der Waals surface area contributed by atoms with Gasteiger partial charge in [0.2, 0.25) is 0 Å². The second kappa shape index (κ2) is 4.73. The maximum Gasteiger partial charge on any atom is 0.136 e. The summed E-state index contributed by atoms with van der Waals surface area (Å²) in [5, 5.41) is 9.35. The molecule has 2 aromatic rings. The first kappa shape index (κ1) is 11.9. The maximum atomic E-state index is 9.35. The van der Waals surface area contributed by atoms with Gasteiger partial charge in [0.15, 0.2) is 0 Å². The molecule has 1 atom stereocenters. The van der Waals surface area contributed by atoms with Crippen molar-refractivity contribution in [1.82, 2.24) is 9.55 Å². The van der Waals surface area contributed by atoms with Crippen molar-refractivity contribution in [1.29, 1.82) is 0 Å². The van der Waals surface area contributed by atoms with Crippen molar-refractivity contribution in [3.05, 3.63) is 24.0 Å². The van der Waals surface area contributed by atoms with Crippen LogP contribution in [-0.2, 0) is 11.3 Å². The number of hydrogen-bond acceptors (Lipinski definition) is 4. The molecule has 0 aliphatic rings. The van der Waals surface area contributed by atoms with Gasteiger partial charge in [-0.25, -0.2) is 4.98 Å². The number of rotatable bonds is 4. The zero-order chi connectivity index (χ0) is 12.4. The number of methoxy groups -OCH3 is 1. The van der Waals surface area contributed by atoms with Gasteiger partial charge in [0.25, 0.3) is 0 Å². The fourth-order valence-corrected chi connectivity index (χ4v) is 2.08. The Morgan fingerprint density at radius 1 is 1.53 bits per heavy atom. The second-order valence-electron chi connectivity index (χ2n) is 4.11. The lowest BCUT2D eigenvalue weighted by atomic mass is 10.2. The molecule has 5 heteroatoms. The highest BCUT2D eigenvalue weighted by molar-refractivity contribution is 5.79. The summed E-state index contributed by atoms with van der Waals surface area (Å²) in [6, 6.07) is 5.69. The number of benzene rings is 1. The molecule has 3 N–H and O–H groups in total. The minimum absolute atomic E-state index is 0.0946. The van der Waals surface area contributed by atoms with Gasteiger partial charge in [-0.3, -0.25) is 0 Å². The normalized spacial score (nSPS) is 13.1. The highest BCUT2D eigenvalue weighted by Crippen LogP contribution is 2.23. The smallest absolute Gasteiger partial charge is 0.136 e. The van der Waals surface area contributed by atoms with Crippen molar-refractivity contribution >= 4 is 16.7 Å². The number of ether oxygens (including phenoxy) is 1. The van der Waals surface area contributed by atoms with E-state index in [0.29, 0.717) is 18.1 Å². The fraction of sp³-hybridized carbons (Fsp3) is 0.417. The zero-order valence-electron chi connectivity index (χ0n) is 10.1. The first-order valence-electron chi connectivity index (χ1n) is 5.53. The van der Waals surface area contributed by atoms with Gasteiger partial charge in [-0.05, 0) is 25.1 Å². The molecule has 2 rings (SSSR count). The number of aromatic nitrogens is 2. The van der Waals surface area contributed by atoms with Crippen LogP contribution in [0.4, 0.5) is 5.69 Å². The molecule has 0 aliphatic heterocycles. The Morgan fingerprint density at radius 2 is 2.29 bits per heavy atom. The quantitative estimate of drug-likeness (QED) is 0.784. The summed E-state index contributed by atoms with van der Waals surface area (Å²) in [4.78, 5) is 4.37. The van der Waals surface area contributed by atoms with Crippen molar-refractivity contribution in [3.63, 3.8) is 0 Å². The number of nitrogens with zero attached hydrogens (tertiary/aromatic N) is 2. The number of imidazole rings is 1. The van der Waals surface area contributed by atoms with Crippen LogP contribution in [0, 0.1) is 0 Å². The Labute approximate surface area is 99.8 Å². The molecule has 0 amide bonds. The second-order valence-corrected chi connectivity index (χ2v) is 4.11. The average Bonchev–Trinajstić information content (AvgIpc) is 2.66. The molecular weight excluding hydrogens is 218 g/mol. The van der Waals surface area contributed by atoms with Gasteiger partial charge in [-0.1, -0.05) is 0 Å². The van der Waals surface area contributed by atoms with E-state index in [4.69, 9.17) is 10.5 Å². The molecule has 0 saturated heterocycles. The topological polar surface area (TPSA) is 73.3 Å². The molecule has 1 heterocycles. The first-order chi connectivity index (χ1) is 8.17. The summed E-state index contributed by atoms with van der Waals surface area (Å²) in [6.07, 6.45) is 0. The van der Waals surface area contributed by atoms with Gasteiger partial charge < -0.3 is 20.1 Å². The number of aliphatic hydroxyl groups is 1. The lowest BCUT2D eigenvalue weighted by Crippen LogP contribution is -2.14. The van der Waals surface area contributed by atoms with Crippen molar-refractivity contribution in [3.8, 4) is 0 Å². The maximum absolute atomic E-state index is 9.35. The van der Waals surface area contributed by atoms with Crippen LogP contribution < -0.4 is 5.73 Å². The van der Waals surface area contributed by atoms with E-state index in [-0.39, 0.29) is 12.6 Å². The summed E-state index contributed by atoms with van der Waals surface area (Å²) in [5.41, 5.74) is 8.16. The highest BCUT2D eigenvalue weighted by atomic mass is 16.5. The summed E-state index contributed by atoms with van der Waals surface area (Å²) in [7, 11) is 1.66. The minimum Gasteiger partial charge on any atom is -0.399 e. The largest absolute Gasteiger partial charge is 0.399 e. The van der Waals surface area contributed by atoms with E-state index in [1.54, 1.807) is 7.11 Å². The molecule has 1 aromatic carbocycles. The van der Waals surface area contributed by atoms with E-state index in [9.17, 15) is 5.11 Å². The summed E-state index contributed by atoms with van der Waals surface area (Å²) < 4.78 is 7.13. The molecule has 1 aromatic heterocycles. The van der Waals surface area contributed by atoms with E-state index in [2.05, 4.69) is 4.98 Å². The van der Waals surface area contributed by atoms with Crippen LogP contribution in [0.5, 0.6) is 0 Å². The van der Waals surface area contributed by atoms with E-state index in [0.717, 1.165) is 11.0 Å². The van der Waals surface area contributed by atoms with Crippen LogP contribution in [-0.4, -0.2) is 28.4 Å². The fourth-order valence-electron chi connectivity index (χ4n) is 2.08. The van der Waals surface area contributed by atoms with Gasteiger partial charge >= 0.3 is 0 Å². The van der Waals surface area contributed by atoms with Crippen molar-refractivity contribution in [2.24, 2.45) is 0 Å². The molecule has 0 aliphatic carbocycles. The van der Waals surface area contributed by atoms with Crippen LogP contribution in [0.1, 0.15) is 18.8 Å². The van der Waals surface area contributed by atoms with Gasteiger partial charge in [-0.15, -0.1) is 0 Å². The molecule has 0 saturated carbocycles. The summed E-state index contributed by atoms with van der Waals surface area (Å²) in [6.45, 7) is 2.51. The SMILES string of the molecule is COCC(C)n1c(CO)nc2cc(N)ccc21. The van der Waals surface area contributed by atoms with Crippen molar-refractivity contribution in [2.75, 3.05) is 19.5 Å². The van der Waals surface area contributed by atoms with E-state index < -0.39 is 0 Å². The highest BCUT2D eigenvalue weighted by Gasteiger charge is 2.15. The Hall–Kier alpha value is -1.59. The van der Waals surface area contributed by atoms with Gasteiger partial charge in [0.1, 0.15) is 12.4 Å². The molecule has 0 radical (unpaired) electrons. The van der Waals surface area contributed by atoms with Gasteiger partial charge in [0.05, 0.1) is 23.7 Å². The van der Waals surface area contributed by atoms with E-state index in [1.807, 2.05) is 29.7 Å². The number of aliphatic hydroxyl groups excluding tert-OH is 1. The van der Waals surface area contributed by atoms with Gasteiger partial charge in [0, 0.05) is 12.8 Å². The predicted molar refractivity (Wildman–Crippen MR) is 66.7 cm³/mol. The zero-order valence-corrected chi connectivity index (χ0v) is 10.1. The monoisotopic (exact) mass is 235 g/mol. The number of nitrogens with two attached hydrogens (primary N) is 1. The third kappa shape index (κ3) is 2.11. The van der Waals surface area contributed by atoms with Crippen LogP contribution in [0.25, 0.3) is 11.0 Å². The number of anilines is 1. The van der Waals surface area contributed by atoms with Crippen LogP contribution >= 0.6 is 0 Å². The lowest BCUT2D eigenvalue weighted by molar-refractivity contribution is 0.159. The third-order valence-corrected chi connectivity index (χ3v) is 2.78.